The Morgan fingerprint density at radius 2 is 1.93 bits per heavy atom. The van der Waals surface area contributed by atoms with Gasteiger partial charge in [-0.25, -0.2) is 23.0 Å². The van der Waals surface area contributed by atoms with E-state index in [-0.39, 0.29) is 17.5 Å². The van der Waals surface area contributed by atoms with Crippen molar-refractivity contribution in [3.8, 4) is 0 Å². The third-order valence-corrected chi connectivity index (χ3v) is 5.25. The number of methoxy groups -OCH3 is 1. The highest BCUT2D eigenvalue weighted by molar-refractivity contribution is 6.04. The summed E-state index contributed by atoms with van der Waals surface area (Å²) in [5, 5.41) is 2.38. The van der Waals surface area contributed by atoms with E-state index in [1.807, 2.05) is 0 Å². The van der Waals surface area contributed by atoms with Crippen LogP contribution >= 0.6 is 0 Å². The number of halogens is 3. The van der Waals surface area contributed by atoms with Gasteiger partial charge in [0, 0.05) is 17.0 Å². The summed E-state index contributed by atoms with van der Waals surface area (Å²) in [7, 11) is 1.13. The van der Waals surface area contributed by atoms with Gasteiger partial charge in [-0.2, -0.15) is 0 Å². The van der Waals surface area contributed by atoms with Crippen molar-refractivity contribution < 1.29 is 32.2 Å². The first kappa shape index (κ1) is 19.9. The van der Waals surface area contributed by atoms with Crippen molar-refractivity contribution in [3.05, 3.63) is 71.0 Å². The Bertz CT molecular complexity index is 1030. The van der Waals surface area contributed by atoms with Crippen LogP contribution in [0.15, 0.2) is 53.5 Å². The van der Waals surface area contributed by atoms with Crippen molar-refractivity contribution in [3.63, 3.8) is 0 Å². The molecule has 1 saturated carbocycles. The number of carbonyl (C=O) groups excluding carboxylic acids is 2. The number of nitrogens with zero attached hydrogens (tertiary/aromatic N) is 1. The molecule has 0 radical (unpaired) electrons. The lowest BCUT2D eigenvalue weighted by Gasteiger charge is -2.34. The zero-order chi connectivity index (χ0) is 21.5. The van der Waals surface area contributed by atoms with Crippen LogP contribution in [0, 0.1) is 11.7 Å². The predicted molar refractivity (Wildman–Crippen MR) is 99.7 cm³/mol. The van der Waals surface area contributed by atoms with E-state index < -0.39 is 53.3 Å². The van der Waals surface area contributed by atoms with Gasteiger partial charge in [0.1, 0.15) is 11.9 Å². The molecule has 2 aromatic rings. The third-order valence-electron chi connectivity index (χ3n) is 5.25. The van der Waals surface area contributed by atoms with Crippen LogP contribution in [0.2, 0.25) is 0 Å². The summed E-state index contributed by atoms with van der Waals surface area (Å²) in [6.07, 6.45) is -3.55. The summed E-state index contributed by atoms with van der Waals surface area (Å²) >= 11 is 0. The minimum atomic E-state index is -3.11. The van der Waals surface area contributed by atoms with E-state index in [1.54, 1.807) is 30.3 Å². The zero-order valence-electron chi connectivity index (χ0n) is 15.8. The van der Waals surface area contributed by atoms with E-state index in [9.17, 15) is 22.8 Å². The second-order valence-corrected chi connectivity index (χ2v) is 7.05. The average Bonchev–Trinajstić information content (AvgIpc) is 3.53. The molecule has 1 unspecified atom stereocenters. The number of hydrogen-bond donors (Lipinski definition) is 1. The number of nitrogens with one attached hydrogen (secondary N) is 1. The molecule has 1 aliphatic heterocycles. The summed E-state index contributed by atoms with van der Waals surface area (Å²) in [4.78, 5) is 28.2. The van der Waals surface area contributed by atoms with Crippen molar-refractivity contribution in [2.45, 2.75) is 24.5 Å². The first-order chi connectivity index (χ1) is 14.4. The number of hydrogen-bond acceptors (Lipinski definition) is 5. The average molecular weight is 418 g/mol. The van der Waals surface area contributed by atoms with Gasteiger partial charge in [-0.15, -0.1) is 0 Å². The summed E-state index contributed by atoms with van der Waals surface area (Å²) in [5.74, 6) is -3.12. The molecule has 1 aliphatic carbocycles. The Kier molecular flexibility index (Phi) is 4.97. The molecule has 4 rings (SSSR count). The van der Waals surface area contributed by atoms with Crippen LogP contribution in [0.4, 0.5) is 13.2 Å². The van der Waals surface area contributed by atoms with Crippen molar-refractivity contribution >= 4 is 17.9 Å². The molecule has 0 bridgehead atoms. The molecule has 0 spiro atoms. The lowest BCUT2D eigenvalue weighted by atomic mass is 9.84. The number of amides is 1. The van der Waals surface area contributed by atoms with Gasteiger partial charge in [0.05, 0.1) is 12.7 Å². The SMILES string of the molecule is COC(=O)c1ccc(F)c(C2(C(F)F)N=C(NC(=O)c3ccccc3)O[C@H]3C[C@H]32)c1. The molecule has 6 nitrogen and oxygen atoms in total. The van der Waals surface area contributed by atoms with Crippen LogP contribution in [-0.4, -0.2) is 37.5 Å². The Morgan fingerprint density at radius 1 is 1.20 bits per heavy atom. The molecule has 3 atom stereocenters. The molecule has 30 heavy (non-hydrogen) atoms. The Balaban J connectivity index is 1.76. The molecule has 1 fully saturated rings. The summed E-state index contributed by atoms with van der Waals surface area (Å²) in [6, 6.07) is 10.8. The Morgan fingerprint density at radius 3 is 2.60 bits per heavy atom. The Hall–Kier alpha value is -3.36. The minimum absolute atomic E-state index is 0.0808. The fourth-order valence-corrected chi connectivity index (χ4v) is 3.67. The largest absolute Gasteiger partial charge is 0.465 e. The van der Waals surface area contributed by atoms with Gasteiger partial charge in [-0.1, -0.05) is 18.2 Å². The topological polar surface area (TPSA) is 77.0 Å². The molecule has 0 aromatic heterocycles. The van der Waals surface area contributed by atoms with Crippen molar-refractivity contribution in [2.75, 3.05) is 7.11 Å². The number of esters is 1. The smallest absolute Gasteiger partial charge is 0.337 e. The van der Waals surface area contributed by atoms with E-state index in [1.165, 1.54) is 0 Å². The van der Waals surface area contributed by atoms with Crippen molar-refractivity contribution in [1.82, 2.24) is 5.32 Å². The molecular weight excluding hydrogens is 401 g/mol. The summed E-state index contributed by atoms with van der Waals surface area (Å²) in [6.45, 7) is 0. The summed E-state index contributed by atoms with van der Waals surface area (Å²) in [5.41, 5.74) is -2.54. The third kappa shape index (κ3) is 3.30. The number of carbonyl (C=O) groups is 2. The predicted octanol–water partition coefficient (Wildman–Crippen LogP) is 3.28. The number of ether oxygens (including phenoxy) is 2. The van der Waals surface area contributed by atoms with Gasteiger partial charge >= 0.3 is 5.97 Å². The van der Waals surface area contributed by atoms with E-state index in [2.05, 4.69) is 15.0 Å². The molecular formula is C21H17F3N2O4. The minimum Gasteiger partial charge on any atom is -0.465 e. The quantitative estimate of drug-likeness (QED) is 0.774. The second kappa shape index (κ2) is 7.47. The van der Waals surface area contributed by atoms with Gasteiger partial charge in [-0.3, -0.25) is 10.1 Å². The van der Waals surface area contributed by atoms with Crippen LogP contribution in [0.3, 0.4) is 0 Å². The number of amidine groups is 1. The maximum Gasteiger partial charge on any atom is 0.337 e. The van der Waals surface area contributed by atoms with Gasteiger partial charge in [0.25, 0.3) is 18.4 Å². The number of rotatable bonds is 4. The molecule has 0 saturated heterocycles. The fraction of sp³-hybridized carbons (Fsp3) is 0.286. The van der Waals surface area contributed by atoms with Crippen molar-refractivity contribution in [2.24, 2.45) is 10.9 Å². The van der Waals surface area contributed by atoms with E-state index in [0.29, 0.717) is 0 Å². The highest BCUT2D eigenvalue weighted by Crippen LogP contribution is 2.56. The number of aliphatic imine (C=N–C) groups is 1. The van der Waals surface area contributed by atoms with Crippen LogP contribution in [0.5, 0.6) is 0 Å². The van der Waals surface area contributed by atoms with Gasteiger partial charge in [0.2, 0.25) is 0 Å². The molecule has 156 valence electrons. The molecule has 1 heterocycles. The van der Waals surface area contributed by atoms with Crippen LogP contribution in [-0.2, 0) is 15.0 Å². The zero-order valence-corrected chi connectivity index (χ0v) is 15.8. The normalized spacial score (nSPS) is 24.4. The number of benzene rings is 2. The maximum atomic E-state index is 14.7. The molecule has 9 heteroatoms. The molecule has 2 aromatic carbocycles. The second-order valence-electron chi connectivity index (χ2n) is 7.05. The lowest BCUT2D eigenvalue weighted by Crippen LogP contribution is -2.46. The first-order valence-electron chi connectivity index (χ1n) is 9.16. The fourth-order valence-electron chi connectivity index (χ4n) is 3.67. The summed E-state index contributed by atoms with van der Waals surface area (Å²) < 4.78 is 53.6. The monoisotopic (exact) mass is 418 g/mol. The van der Waals surface area contributed by atoms with Crippen LogP contribution in [0.1, 0.15) is 32.7 Å². The Labute approximate surface area is 169 Å². The van der Waals surface area contributed by atoms with Crippen LogP contribution in [0.25, 0.3) is 0 Å². The highest BCUT2D eigenvalue weighted by atomic mass is 19.3. The highest BCUT2D eigenvalue weighted by Gasteiger charge is 2.64. The number of fused-ring (bicyclic) bond motifs is 1. The maximum absolute atomic E-state index is 14.7. The van der Waals surface area contributed by atoms with Crippen LogP contribution < -0.4 is 5.32 Å². The van der Waals surface area contributed by atoms with E-state index >= 15 is 0 Å². The van der Waals surface area contributed by atoms with Crippen molar-refractivity contribution in [1.29, 1.82) is 0 Å². The van der Waals surface area contributed by atoms with Gasteiger partial charge in [-0.05, 0) is 36.8 Å². The lowest BCUT2D eigenvalue weighted by molar-refractivity contribution is 0.0165. The van der Waals surface area contributed by atoms with Gasteiger partial charge in [0.15, 0.2) is 5.54 Å². The van der Waals surface area contributed by atoms with Gasteiger partial charge < -0.3 is 9.47 Å². The molecule has 2 aliphatic rings. The first-order valence-corrected chi connectivity index (χ1v) is 9.16. The molecule has 1 amide bonds. The van der Waals surface area contributed by atoms with E-state index in [4.69, 9.17) is 4.74 Å². The molecule has 1 N–H and O–H groups in total. The van der Waals surface area contributed by atoms with E-state index in [0.717, 1.165) is 25.3 Å². The standard InChI is InChI=1S/C21H17F3N2O4/c1-29-18(28)12-7-8-15(22)13(9-12)21(19(23)24)14-10-16(14)30-20(26-21)25-17(27)11-5-3-2-4-6-11/h2-9,14,16,19H,10H2,1H3,(H,25,26,27)/t14-,16+,21?/m1/s1. The number of alkyl halides is 2.